The molecule has 0 bridgehead atoms. The number of aliphatic imine (C=N–C) groups is 2. The molecule has 1 aliphatic heterocycles. The second kappa shape index (κ2) is 5.49. The van der Waals surface area contributed by atoms with Gasteiger partial charge in [-0.1, -0.05) is 0 Å². The minimum absolute atomic E-state index is 0.137. The van der Waals surface area contributed by atoms with Gasteiger partial charge in [0.2, 0.25) is 18.2 Å². The van der Waals surface area contributed by atoms with Crippen LogP contribution in [-0.4, -0.2) is 46.6 Å². The first-order chi connectivity index (χ1) is 7.24. The van der Waals surface area contributed by atoms with Crippen LogP contribution in [0.4, 0.5) is 0 Å². The first kappa shape index (κ1) is 11.7. The van der Waals surface area contributed by atoms with Crippen LogP contribution in [0.2, 0.25) is 0 Å². The Labute approximate surface area is 87.6 Å². The van der Waals surface area contributed by atoms with Crippen LogP contribution in [0.3, 0.4) is 0 Å². The number of hydroxylamine groups is 2. The van der Waals surface area contributed by atoms with E-state index in [4.69, 9.17) is 10.4 Å². The molecular weight excluding hydrogens is 200 g/mol. The van der Waals surface area contributed by atoms with E-state index < -0.39 is 6.29 Å². The number of rotatable bonds is 3. The van der Waals surface area contributed by atoms with Gasteiger partial charge in [-0.2, -0.15) is 5.48 Å². The molecule has 0 aliphatic carbocycles. The molecule has 0 amide bonds. The quantitative estimate of drug-likeness (QED) is 0.383. The van der Waals surface area contributed by atoms with Crippen LogP contribution in [0.15, 0.2) is 9.98 Å². The average Bonchev–Trinajstić information content (AvgIpc) is 2.30. The maximum Gasteiger partial charge on any atom is 0.225 e. The van der Waals surface area contributed by atoms with Crippen LogP contribution in [0, 0.1) is 0 Å². The maximum atomic E-state index is 8.73. The molecule has 8 heteroatoms. The highest BCUT2D eigenvalue weighted by molar-refractivity contribution is 5.99. The van der Waals surface area contributed by atoms with E-state index in [0.29, 0.717) is 5.96 Å². The van der Waals surface area contributed by atoms with E-state index in [-0.39, 0.29) is 5.96 Å². The van der Waals surface area contributed by atoms with E-state index in [2.05, 4.69) is 15.3 Å². The van der Waals surface area contributed by atoms with Crippen LogP contribution >= 0.6 is 0 Å². The van der Waals surface area contributed by atoms with E-state index in [0.717, 1.165) is 13.1 Å². The zero-order valence-electron chi connectivity index (χ0n) is 8.73. The second-order valence-electron chi connectivity index (χ2n) is 2.84. The van der Waals surface area contributed by atoms with Crippen LogP contribution in [0.25, 0.3) is 0 Å². The molecule has 0 radical (unpaired) electrons. The summed E-state index contributed by atoms with van der Waals surface area (Å²) in [4.78, 5) is 9.79. The monoisotopic (exact) mass is 216 g/mol. The van der Waals surface area contributed by atoms with Crippen molar-refractivity contribution in [2.75, 3.05) is 13.1 Å². The Kier molecular flexibility index (Phi) is 4.28. The molecule has 0 aromatic carbocycles. The van der Waals surface area contributed by atoms with Crippen LogP contribution < -0.4 is 16.3 Å². The van der Waals surface area contributed by atoms with Crippen LogP contribution in [0.1, 0.15) is 13.8 Å². The van der Waals surface area contributed by atoms with Gasteiger partial charge in [-0.25, -0.2) is 15.5 Å². The first-order valence-electron chi connectivity index (χ1n) is 4.72. The molecule has 15 heavy (non-hydrogen) atoms. The summed E-state index contributed by atoms with van der Waals surface area (Å²) in [5, 5.41) is 20.2. The molecule has 0 spiro atoms. The third-order valence-electron chi connectivity index (χ3n) is 2.01. The normalized spacial score (nSPS) is 20.1. The van der Waals surface area contributed by atoms with Crippen molar-refractivity contribution in [3.05, 3.63) is 0 Å². The van der Waals surface area contributed by atoms with Gasteiger partial charge < -0.3 is 10.1 Å². The predicted molar refractivity (Wildman–Crippen MR) is 54.6 cm³/mol. The van der Waals surface area contributed by atoms with Gasteiger partial charge in [0.1, 0.15) is 0 Å². The lowest BCUT2D eigenvalue weighted by atomic mass is 10.5. The maximum absolute atomic E-state index is 8.73. The highest BCUT2D eigenvalue weighted by Crippen LogP contribution is 1.99. The zero-order valence-corrected chi connectivity index (χ0v) is 8.73. The van der Waals surface area contributed by atoms with E-state index in [1.54, 1.807) is 0 Å². The van der Waals surface area contributed by atoms with E-state index in [9.17, 15) is 0 Å². The van der Waals surface area contributed by atoms with Gasteiger partial charge in [-0.3, -0.25) is 10.5 Å². The van der Waals surface area contributed by atoms with Gasteiger partial charge in [0.25, 0.3) is 0 Å². The fraction of sp³-hybridized carbons (Fsp3) is 0.714. The van der Waals surface area contributed by atoms with Crippen molar-refractivity contribution >= 4 is 11.9 Å². The number of nitrogens with zero attached hydrogens (tertiary/aromatic N) is 3. The molecule has 0 fully saturated rings. The van der Waals surface area contributed by atoms with E-state index in [1.165, 1.54) is 0 Å². The molecule has 86 valence electrons. The van der Waals surface area contributed by atoms with Gasteiger partial charge >= 0.3 is 0 Å². The smallest absolute Gasteiger partial charge is 0.225 e. The third-order valence-corrected chi connectivity index (χ3v) is 2.01. The van der Waals surface area contributed by atoms with Gasteiger partial charge in [0.15, 0.2) is 0 Å². The van der Waals surface area contributed by atoms with Crippen molar-refractivity contribution in [2.45, 2.75) is 20.1 Å². The molecule has 0 saturated carbocycles. The third kappa shape index (κ3) is 2.78. The highest BCUT2D eigenvalue weighted by Gasteiger charge is 2.18. The molecule has 1 rings (SSSR count). The first-order valence-corrected chi connectivity index (χ1v) is 4.72. The summed E-state index contributed by atoms with van der Waals surface area (Å²) >= 11 is 0. The summed E-state index contributed by atoms with van der Waals surface area (Å²) < 4.78 is 0. The SMILES string of the molecule is CCN(CC)C1=NC(NO)N=C(NO)N1. The fourth-order valence-electron chi connectivity index (χ4n) is 1.24. The molecule has 1 heterocycles. The molecular formula is C7H16N6O2. The van der Waals surface area contributed by atoms with Gasteiger partial charge in [-0.15, -0.1) is 0 Å². The van der Waals surface area contributed by atoms with Crippen LogP contribution in [0.5, 0.6) is 0 Å². The second-order valence-corrected chi connectivity index (χ2v) is 2.84. The van der Waals surface area contributed by atoms with Crippen molar-refractivity contribution in [3.8, 4) is 0 Å². The van der Waals surface area contributed by atoms with E-state index in [1.807, 2.05) is 29.7 Å². The van der Waals surface area contributed by atoms with Gasteiger partial charge in [0, 0.05) is 13.1 Å². The van der Waals surface area contributed by atoms with Gasteiger partial charge in [0.05, 0.1) is 0 Å². The minimum Gasteiger partial charge on any atom is -0.343 e. The number of nitrogens with one attached hydrogen (secondary N) is 3. The zero-order chi connectivity index (χ0) is 11.3. The molecule has 0 aromatic heterocycles. The minimum atomic E-state index is -0.809. The lowest BCUT2D eigenvalue weighted by Gasteiger charge is -2.27. The van der Waals surface area contributed by atoms with Crippen molar-refractivity contribution in [2.24, 2.45) is 9.98 Å². The van der Waals surface area contributed by atoms with Crippen molar-refractivity contribution in [3.63, 3.8) is 0 Å². The summed E-state index contributed by atoms with van der Waals surface area (Å²) in [7, 11) is 0. The fourth-order valence-corrected chi connectivity index (χ4v) is 1.24. The molecule has 5 N–H and O–H groups in total. The van der Waals surface area contributed by atoms with Crippen LogP contribution in [-0.2, 0) is 0 Å². The number of guanidine groups is 2. The molecule has 1 atom stereocenters. The Hall–Kier alpha value is -1.38. The predicted octanol–water partition coefficient (Wildman–Crippen LogP) is -1.12. The summed E-state index contributed by atoms with van der Waals surface area (Å²) in [6.45, 7) is 5.48. The summed E-state index contributed by atoms with van der Waals surface area (Å²) in [5.41, 5.74) is 3.79. The summed E-state index contributed by atoms with van der Waals surface area (Å²) in [6, 6.07) is 0. The molecule has 1 unspecified atom stereocenters. The topological polar surface area (TPSA) is 105 Å². The Bertz CT molecular complexity index is 262. The number of hydrogen-bond acceptors (Lipinski definition) is 8. The molecule has 0 saturated heterocycles. The lowest BCUT2D eigenvalue weighted by molar-refractivity contribution is 0.129. The van der Waals surface area contributed by atoms with Gasteiger partial charge in [-0.05, 0) is 13.8 Å². The standard InChI is InChI=1S/C7H16N6O2/c1-3-13(4-2)7-9-5(11-14)8-6(10-7)12-15/h5,11,14-15H,3-4H2,1-2H3,(H2,8,9,10,12). The van der Waals surface area contributed by atoms with E-state index >= 15 is 0 Å². The average molecular weight is 216 g/mol. The summed E-state index contributed by atoms with van der Waals surface area (Å²) in [5.74, 6) is 0.677. The Balaban J connectivity index is 2.77. The molecule has 1 aliphatic rings. The Morgan fingerprint density at radius 2 is 2.00 bits per heavy atom. The Morgan fingerprint density at radius 1 is 1.33 bits per heavy atom. The van der Waals surface area contributed by atoms with Crippen molar-refractivity contribution < 1.29 is 10.4 Å². The van der Waals surface area contributed by atoms with Crippen molar-refractivity contribution in [1.29, 1.82) is 0 Å². The Morgan fingerprint density at radius 3 is 2.47 bits per heavy atom. The summed E-state index contributed by atoms with van der Waals surface area (Å²) in [6.07, 6.45) is -0.809. The highest BCUT2D eigenvalue weighted by atomic mass is 16.5. The molecule has 0 aromatic rings. The largest absolute Gasteiger partial charge is 0.343 e. The molecule has 8 nitrogen and oxygen atoms in total. The lowest BCUT2D eigenvalue weighted by Crippen LogP contribution is -2.52. The number of hydrogen-bond donors (Lipinski definition) is 5. The van der Waals surface area contributed by atoms with Crippen molar-refractivity contribution in [1.82, 2.24) is 21.2 Å².